The number of amides is 2. The van der Waals surface area contributed by atoms with E-state index in [4.69, 9.17) is 10.5 Å². The van der Waals surface area contributed by atoms with Gasteiger partial charge in [0.25, 0.3) is 0 Å². The number of carbonyl (C=O) groups excluding carboxylic acids is 3. The molecule has 1 fully saturated rings. The second-order valence-electron chi connectivity index (χ2n) is 7.15. The van der Waals surface area contributed by atoms with Gasteiger partial charge in [-0.15, -0.1) is 0 Å². The van der Waals surface area contributed by atoms with E-state index in [2.05, 4.69) is 5.32 Å². The molecule has 0 saturated carbocycles. The van der Waals surface area contributed by atoms with E-state index in [0.717, 1.165) is 37.9 Å². The quantitative estimate of drug-likeness (QED) is 0.419. The number of ether oxygens (including phenoxy) is 1. The number of hydrogen-bond donors (Lipinski definition) is 2. The minimum Gasteiger partial charge on any atom is -0.461 e. The molecular formula is C21H31N3O4. The van der Waals surface area contributed by atoms with E-state index in [1.165, 1.54) is 0 Å². The van der Waals surface area contributed by atoms with E-state index in [-0.39, 0.29) is 24.9 Å². The zero-order chi connectivity index (χ0) is 20.2. The van der Waals surface area contributed by atoms with Gasteiger partial charge in [0.05, 0.1) is 6.04 Å². The molecule has 28 heavy (non-hydrogen) atoms. The van der Waals surface area contributed by atoms with Crippen LogP contribution in [0, 0.1) is 0 Å². The van der Waals surface area contributed by atoms with Crippen LogP contribution in [0.15, 0.2) is 30.3 Å². The monoisotopic (exact) mass is 389 g/mol. The molecule has 7 heteroatoms. The number of likely N-dealkylation sites (tertiary alicyclic amines) is 1. The van der Waals surface area contributed by atoms with Crippen LogP contribution < -0.4 is 11.1 Å². The first-order valence-electron chi connectivity index (χ1n) is 10.1. The SMILES string of the molecule is NC(=O)CC[C@H](NCCCCC(=O)OCc1ccccc1)C(=O)N1CCCC1. The van der Waals surface area contributed by atoms with Gasteiger partial charge in [0.2, 0.25) is 11.8 Å². The zero-order valence-corrected chi connectivity index (χ0v) is 16.4. The van der Waals surface area contributed by atoms with Gasteiger partial charge in [-0.3, -0.25) is 14.4 Å². The van der Waals surface area contributed by atoms with Crippen LogP contribution in [0.2, 0.25) is 0 Å². The summed E-state index contributed by atoms with van der Waals surface area (Å²) in [5.74, 6) is -0.578. The molecule has 0 spiro atoms. The Morgan fingerprint density at radius 2 is 1.79 bits per heavy atom. The topological polar surface area (TPSA) is 102 Å². The van der Waals surface area contributed by atoms with Crippen molar-refractivity contribution < 1.29 is 19.1 Å². The van der Waals surface area contributed by atoms with Crippen molar-refractivity contribution in [3.05, 3.63) is 35.9 Å². The number of hydrogen-bond acceptors (Lipinski definition) is 5. The van der Waals surface area contributed by atoms with E-state index in [1.54, 1.807) is 0 Å². The summed E-state index contributed by atoms with van der Waals surface area (Å²) in [7, 11) is 0. The van der Waals surface area contributed by atoms with Crippen molar-refractivity contribution in [1.29, 1.82) is 0 Å². The fourth-order valence-electron chi connectivity index (χ4n) is 3.24. The molecule has 1 atom stereocenters. The lowest BCUT2D eigenvalue weighted by atomic mass is 10.1. The van der Waals surface area contributed by atoms with Crippen LogP contribution in [-0.2, 0) is 25.7 Å². The molecule has 1 aliphatic heterocycles. The van der Waals surface area contributed by atoms with Crippen molar-refractivity contribution in [3.8, 4) is 0 Å². The summed E-state index contributed by atoms with van der Waals surface area (Å²) in [6.07, 6.45) is 4.42. The Bertz CT molecular complexity index is 630. The number of unbranched alkanes of at least 4 members (excludes halogenated alkanes) is 1. The maximum atomic E-state index is 12.6. The van der Waals surface area contributed by atoms with Gasteiger partial charge in [0, 0.05) is 25.9 Å². The zero-order valence-electron chi connectivity index (χ0n) is 16.4. The van der Waals surface area contributed by atoms with E-state index in [0.29, 0.717) is 25.8 Å². The summed E-state index contributed by atoms with van der Waals surface area (Å²) in [4.78, 5) is 37.3. The summed E-state index contributed by atoms with van der Waals surface area (Å²) in [6.45, 7) is 2.45. The van der Waals surface area contributed by atoms with Crippen LogP contribution in [-0.4, -0.2) is 48.4 Å². The molecule has 1 saturated heterocycles. The van der Waals surface area contributed by atoms with Crippen molar-refractivity contribution in [2.24, 2.45) is 5.73 Å². The van der Waals surface area contributed by atoms with Crippen molar-refractivity contribution in [3.63, 3.8) is 0 Å². The first-order chi connectivity index (χ1) is 13.6. The van der Waals surface area contributed by atoms with Crippen LogP contribution in [0.25, 0.3) is 0 Å². The van der Waals surface area contributed by atoms with Gasteiger partial charge >= 0.3 is 5.97 Å². The number of nitrogens with zero attached hydrogens (tertiary/aromatic N) is 1. The number of esters is 1. The molecular weight excluding hydrogens is 358 g/mol. The predicted molar refractivity (Wildman–Crippen MR) is 106 cm³/mol. The molecule has 0 aliphatic carbocycles. The highest BCUT2D eigenvalue weighted by molar-refractivity contribution is 5.83. The smallest absolute Gasteiger partial charge is 0.306 e. The summed E-state index contributed by atoms with van der Waals surface area (Å²) in [5, 5.41) is 3.23. The second-order valence-corrected chi connectivity index (χ2v) is 7.15. The molecule has 2 amide bonds. The van der Waals surface area contributed by atoms with Crippen LogP contribution in [0.4, 0.5) is 0 Å². The minimum atomic E-state index is -0.401. The van der Waals surface area contributed by atoms with Crippen LogP contribution in [0.3, 0.4) is 0 Å². The molecule has 1 aromatic rings. The van der Waals surface area contributed by atoms with Crippen molar-refractivity contribution in [1.82, 2.24) is 10.2 Å². The predicted octanol–water partition coefficient (Wildman–Crippen LogP) is 1.75. The maximum absolute atomic E-state index is 12.6. The second kappa shape index (κ2) is 12.1. The molecule has 0 bridgehead atoms. The lowest BCUT2D eigenvalue weighted by Crippen LogP contribution is -2.46. The van der Waals surface area contributed by atoms with Crippen molar-refractivity contribution in [2.45, 2.75) is 57.6 Å². The summed E-state index contributed by atoms with van der Waals surface area (Å²) in [5.41, 5.74) is 6.20. The third kappa shape index (κ3) is 8.08. The summed E-state index contributed by atoms with van der Waals surface area (Å²) < 4.78 is 5.25. The van der Waals surface area contributed by atoms with E-state index >= 15 is 0 Å². The third-order valence-electron chi connectivity index (χ3n) is 4.84. The lowest BCUT2D eigenvalue weighted by Gasteiger charge is -2.24. The Morgan fingerprint density at radius 3 is 2.46 bits per heavy atom. The molecule has 0 aromatic heterocycles. The highest BCUT2D eigenvalue weighted by Gasteiger charge is 2.26. The van der Waals surface area contributed by atoms with Crippen LogP contribution in [0.1, 0.15) is 50.5 Å². The largest absolute Gasteiger partial charge is 0.461 e. The fourth-order valence-corrected chi connectivity index (χ4v) is 3.24. The van der Waals surface area contributed by atoms with Crippen molar-refractivity contribution in [2.75, 3.05) is 19.6 Å². The number of carbonyl (C=O) groups is 3. The minimum absolute atomic E-state index is 0.0426. The highest BCUT2D eigenvalue weighted by atomic mass is 16.5. The molecule has 1 heterocycles. The van der Waals surface area contributed by atoms with Crippen LogP contribution in [0.5, 0.6) is 0 Å². The lowest BCUT2D eigenvalue weighted by molar-refractivity contribution is -0.145. The third-order valence-corrected chi connectivity index (χ3v) is 4.84. The van der Waals surface area contributed by atoms with Crippen LogP contribution >= 0.6 is 0 Å². The normalized spacial score (nSPS) is 14.6. The Labute approximate surface area is 166 Å². The Kier molecular flexibility index (Phi) is 9.48. The summed E-state index contributed by atoms with van der Waals surface area (Å²) in [6, 6.07) is 9.18. The highest BCUT2D eigenvalue weighted by Crippen LogP contribution is 2.12. The van der Waals surface area contributed by atoms with Gasteiger partial charge in [-0.05, 0) is 44.2 Å². The van der Waals surface area contributed by atoms with Gasteiger partial charge in [0.15, 0.2) is 0 Å². The standard InChI is InChI=1S/C21H31N3O4/c22-19(25)12-11-18(21(27)24-14-6-7-15-24)23-13-5-4-10-20(26)28-16-17-8-2-1-3-9-17/h1-3,8-9,18,23H,4-7,10-16H2,(H2,22,25)/t18-/m0/s1. The fraction of sp³-hybridized carbons (Fsp3) is 0.571. The molecule has 1 aromatic carbocycles. The van der Waals surface area contributed by atoms with E-state index < -0.39 is 11.9 Å². The number of rotatable bonds is 12. The molecule has 3 N–H and O–H groups in total. The van der Waals surface area contributed by atoms with Crippen molar-refractivity contribution >= 4 is 17.8 Å². The van der Waals surface area contributed by atoms with E-state index in [1.807, 2.05) is 35.2 Å². The molecule has 1 aliphatic rings. The first-order valence-corrected chi connectivity index (χ1v) is 10.1. The molecule has 154 valence electrons. The van der Waals surface area contributed by atoms with Gasteiger partial charge in [-0.25, -0.2) is 0 Å². The Hall–Kier alpha value is -2.41. The van der Waals surface area contributed by atoms with Gasteiger partial charge < -0.3 is 20.7 Å². The average Bonchev–Trinajstić information content (AvgIpc) is 3.23. The van der Waals surface area contributed by atoms with E-state index in [9.17, 15) is 14.4 Å². The van der Waals surface area contributed by atoms with Gasteiger partial charge in [0.1, 0.15) is 6.61 Å². The molecule has 2 rings (SSSR count). The molecule has 7 nitrogen and oxygen atoms in total. The Balaban J connectivity index is 1.64. The number of benzene rings is 1. The number of nitrogens with two attached hydrogens (primary N) is 1. The van der Waals surface area contributed by atoms with Gasteiger partial charge in [-0.2, -0.15) is 0 Å². The molecule has 0 unspecified atom stereocenters. The molecule has 0 radical (unpaired) electrons. The number of primary amides is 1. The summed E-state index contributed by atoms with van der Waals surface area (Å²) >= 11 is 0. The first kappa shape index (κ1) is 21.9. The van der Waals surface area contributed by atoms with Gasteiger partial charge in [-0.1, -0.05) is 30.3 Å². The Morgan fingerprint density at radius 1 is 1.07 bits per heavy atom. The maximum Gasteiger partial charge on any atom is 0.306 e. The average molecular weight is 389 g/mol. The number of nitrogens with one attached hydrogen (secondary N) is 1.